The summed E-state index contributed by atoms with van der Waals surface area (Å²) in [5.74, 6) is -0.326. The van der Waals surface area contributed by atoms with Gasteiger partial charge in [-0.15, -0.1) is 0 Å². The van der Waals surface area contributed by atoms with Crippen LogP contribution in [0, 0.1) is 0 Å². The molecule has 0 aliphatic carbocycles. The second-order valence-electron chi connectivity index (χ2n) is 2.67. The van der Waals surface area contributed by atoms with E-state index in [4.69, 9.17) is 11.5 Å². The summed E-state index contributed by atoms with van der Waals surface area (Å²) in [7, 11) is 0. The van der Waals surface area contributed by atoms with Gasteiger partial charge in [-0.3, -0.25) is 0 Å². The minimum absolute atomic E-state index is 0.0210. The first-order valence-corrected chi connectivity index (χ1v) is 3.72. The van der Waals surface area contributed by atoms with Gasteiger partial charge in [0.05, 0.1) is 5.69 Å². The molecule has 1 rings (SSSR count). The quantitative estimate of drug-likeness (QED) is 0.741. The summed E-state index contributed by atoms with van der Waals surface area (Å²) in [6.45, 7) is -1.92. The summed E-state index contributed by atoms with van der Waals surface area (Å²) < 4.78 is 40.7. The Hall–Kier alpha value is -1.59. The van der Waals surface area contributed by atoms with Gasteiger partial charge in [-0.25, -0.2) is 4.39 Å². The molecule has 0 fully saturated rings. The van der Waals surface area contributed by atoms with Crippen LogP contribution in [0.25, 0.3) is 0 Å². The number of halogens is 3. The molecule has 4 N–H and O–H groups in total. The van der Waals surface area contributed by atoms with E-state index < -0.39 is 12.8 Å². The molecule has 0 saturated carbocycles. The summed E-state index contributed by atoms with van der Waals surface area (Å²) in [4.78, 5) is 0. The van der Waals surface area contributed by atoms with Crippen LogP contribution in [-0.4, -0.2) is 12.8 Å². The Labute approximate surface area is 78.5 Å². The molecular formula is C8H9F3N2O. The zero-order valence-corrected chi connectivity index (χ0v) is 7.14. The molecule has 0 atom stereocenters. The standard InChI is InChI=1S/C8H9F3N2O/c9-4-8(10,11)14-7-3-5(12)1-2-6(7)13/h1-3H,4,12-13H2. The Balaban J connectivity index is 2.91. The molecule has 0 saturated heterocycles. The SMILES string of the molecule is Nc1ccc(N)c(OC(F)(F)CF)c1. The maximum atomic E-state index is 12.5. The van der Waals surface area contributed by atoms with Crippen LogP contribution in [0.3, 0.4) is 0 Å². The first kappa shape index (κ1) is 10.5. The van der Waals surface area contributed by atoms with Crippen molar-refractivity contribution in [3.63, 3.8) is 0 Å². The largest absolute Gasteiger partial charge is 0.428 e. The van der Waals surface area contributed by atoms with E-state index in [9.17, 15) is 13.2 Å². The summed E-state index contributed by atoms with van der Waals surface area (Å²) in [5.41, 5.74) is 10.8. The third kappa shape index (κ3) is 2.45. The van der Waals surface area contributed by atoms with Crippen molar-refractivity contribution in [1.82, 2.24) is 0 Å². The zero-order chi connectivity index (χ0) is 10.8. The second-order valence-corrected chi connectivity index (χ2v) is 2.67. The first-order valence-electron chi connectivity index (χ1n) is 3.72. The van der Waals surface area contributed by atoms with Crippen LogP contribution in [0.4, 0.5) is 24.5 Å². The average molecular weight is 206 g/mol. The highest BCUT2D eigenvalue weighted by Crippen LogP contribution is 2.29. The number of rotatable bonds is 3. The van der Waals surface area contributed by atoms with Gasteiger partial charge in [0, 0.05) is 11.8 Å². The molecule has 1 aromatic carbocycles. The highest BCUT2D eigenvalue weighted by atomic mass is 19.3. The molecule has 0 radical (unpaired) electrons. The molecule has 0 heterocycles. The highest BCUT2D eigenvalue weighted by Gasteiger charge is 2.32. The summed E-state index contributed by atoms with van der Waals surface area (Å²) in [5, 5.41) is 0. The van der Waals surface area contributed by atoms with E-state index in [2.05, 4.69) is 4.74 Å². The highest BCUT2D eigenvalue weighted by molar-refractivity contribution is 5.59. The second kappa shape index (κ2) is 3.65. The molecule has 6 heteroatoms. The molecule has 14 heavy (non-hydrogen) atoms. The van der Waals surface area contributed by atoms with Gasteiger partial charge in [-0.05, 0) is 12.1 Å². The molecule has 0 aromatic heterocycles. The van der Waals surface area contributed by atoms with Gasteiger partial charge >= 0.3 is 6.11 Å². The molecule has 0 aliphatic rings. The van der Waals surface area contributed by atoms with Crippen LogP contribution in [-0.2, 0) is 0 Å². The Morgan fingerprint density at radius 3 is 2.50 bits per heavy atom. The molecule has 1 aromatic rings. The van der Waals surface area contributed by atoms with Crippen molar-refractivity contribution in [2.24, 2.45) is 0 Å². The Morgan fingerprint density at radius 2 is 1.93 bits per heavy atom. The average Bonchev–Trinajstić information content (AvgIpc) is 2.11. The minimum Gasteiger partial charge on any atom is -0.428 e. The van der Waals surface area contributed by atoms with Crippen molar-refractivity contribution in [1.29, 1.82) is 0 Å². The lowest BCUT2D eigenvalue weighted by Gasteiger charge is -2.16. The molecular weight excluding hydrogens is 197 g/mol. The van der Waals surface area contributed by atoms with Crippen molar-refractivity contribution < 1.29 is 17.9 Å². The van der Waals surface area contributed by atoms with E-state index in [0.717, 1.165) is 6.07 Å². The number of hydrogen-bond donors (Lipinski definition) is 2. The summed E-state index contributed by atoms with van der Waals surface area (Å²) in [6, 6.07) is 3.84. The van der Waals surface area contributed by atoms with Crippen LogP contribution in [0.5, 0.6) is 5.75 Å². The first-order chi connectivity index (χ1) is 6.44. The van der Waals surface area contributed by atoms with Crippen molar-refractivity contribution in [3.8, 4) is 5.75 Å². The number of anilines is 2. The van der Waals surface area contributed by atoms with E-state index >= 15 is 0 Å². The maximum absolute atomic E-state index is 12.5. The minimum atomic E-state index is -3.87. The summed E-state index contributed by atoms with van der Waals surface area (Å²) >= 11 is 0. The zero-order valence-electron chi connectivity index (χ0n) is 7.14. The lowest BCUT2D eigenvalue weighted by atomic mass is 10.2. The normalized spacial score (nSPS) is 11.4. The van der Waals surface area contributed by atoms with E-state index in [0.29, 0.717) is 0 Å². The molecule has 0 unspecified atom stereocenters. The van der Waals surface area contributed by atoms with Gasteiger partial charge in [0.1, 0.15) is 0 Å². The Bertz CT molecular complexity index is 330. The molecule has 0 bridgehead atoms. The van der Waals surface area contributed by atoms with E-state index in [1.54, 1.807) is 0 Å². The monoisotopic (exact) mass is 206 g/mol. The maximum Gasteiger partial charge on any atom is 0.427 e. The number of hydrogen-bond acceptors (Lipinski definition) is 3. The van der Waals surface area contributed by atoms with E-state index in [1.165, 1.54) is 12.1 Å². The third-order valence-corrected chi connectivity index (χ3v) is 1.45. The number of alkyl halides is 3. The van der Waals surface area contributed by atoms with Crippen LogP contribution in [0.1, 0.15) is 0 Å². The van der Waals surface area contributed by atoms with Crippen LogP contribution < -0.4 is 16.2 Å². The molecule has 0 amide bonds. The predicted octanol–water partition coefficient (Wildman–Crippen LogP) is 1.79. The number of benzene rings is 1. The van der Waals surface area contributed by atoms with Crippen molar-refractivity contribution in [3.05, 3.63) is 18.2 Å². The van der Waals surface area contributed by atoms with Crippen molar-refractivity contribution in [2.45, 2.75) is 6.11 Å². The van der Waals surface area contributed by atoms with E-state index in [-0.39, 0.29) is 17.1 Å². The number of ether oxygens (including phenoxy) is 1. The molecule has 0 spiro atoms. The fraction of sp³-hybridized carbons (Fsp3) is 0.250. The van der Waals surface area contributed by atoms with Crippen molar-refractivity contribution >= 4 is 11.4 Å². The molecule has 78 valence electrons. The fourth-order valence-corrected chi connectivity index (χ4v) is 0.827. The summed E-state index contributed by atoms with van der Waals surface area (Å²) in [6.07, 6.45) is -3.87. The van der Waals surface area contributed by atoms with Gasteiger partial charge in [0.25, 0.3) is 0 Å². The molecule has 3 nitrogen and oxygen atoms in total. The fourth-order valence-electron chi connectivity index (χ4n) is 0.827. The molecule has 0 aliphatic heterocycles. The van der Waals surface area contributed by atoms with Crippen LogP contribution in [0.2, 0.25) is 0 Å². The van der Waals surface area contributed by atoms with Gasteiger partial charge < -0.3 is 16.2 Å². The number of nitrogens with two attached hydrogens (primary N) is 2. The Morgan fingerprint density at radius 1 is 1.29 bits per heavy atom. The van der Waals surface area contributed by atoms with Crippen LogP contribution in [0.15, 0.2) is 18.2 Å². The lowest BCUT2D eigenvalue weighted by Crippen LogP contribution is -2.27. The topological polar surface area (TPSA) is 61.3 Å². The van der Waals surface area contributed by atoms with Gasteiger partial charge in [-0.2, -0.15) is 8.78 Å². The smallest absolute Gasteiger partial charge is 0.427 e. The predicted molar refractivity (Wildman–Crippen MR) is 46.8 cm³/mol. The van der Waals surface area contributed by atoms with Crippen molar-refractivity contribution in [2.75, 3.05) is 18.1 Å². The van der Waals surface area contributed by atoms with Crippen LogP contribution >= 0.6 is 0 Å². The Kier molecular flexibility index (Phi) is 2.73. The lowest BCUT2D eigenvalue weighted by molar-refractivity contribution is -0.186. The van der Waals surface area contributed by atoms with Gasteiger partial charge in [0.15, 0.2) is 12.4 Å². The van der Waals surface area contributed by atoms with Gasteiger partial charge in [-0.1, -0.05) is 0 Å². The number of nitrogen functional groups attached to an aromatic ring is 2. The van der Waals surface area contributed by atoms with Gasteiger partial charge in [0.2, 0.25) is 0 Å². The third-order valence-electron chi connectivity index (χ3n) is 1.45. The van der Waals surface area contributed by atoms with E-state index in [1.807, 2.05) is 0 Å².